The van der Waals surface area contributed by atoms with E-state index in [-0.39, 0.29) is 32.7 Å². The number of rotatable bonds is 4. The van der Waals surface area contributed by atoms with Gasteiger partial charge in [-0.15, -0.1) is 11.3 Å². The third kappa shape index (κ3) is 3.69. The van der Waals surface area contributed by atoms with E-state index in [1.165, 1.54) is 19.1 Å². The number of anilines is 1. The van der Waals surface area contributed by atoms with Crippen molar-refractivity contribution < 1.29 is 19.3 Å². The standard InChI is InChI=1S/C17H15ClN4O5S/c1-8(23)21-5-4-10-13(7-21)28-17(14(10)15(19)24)20-16(25)11-6-9(22(26)27)2-3-12(11)18/h2-3,6H,4-5,7H2,1H3,(H2,19,24)(H,20,25). The van der Waals surface area contributed by atoms with Gasteiger partial charge in [-0.1, -0.05) is 11.6 Å². The minimum Gasteiger partial charge on any atom is -0.365 e. The maximum absolute atomic E-state index is 12.6. The van der Waals surface area contributed by atoms with E-state index in [0.29, 0.717) is 25.1 Å². The summed E-state index contributed by atoms with van der Waals surface area (Å²) in [4.78, 5) is 48.9. The van der Waals surface area contributed by atoms with Crippen LogP contribution in [-0.2, 0) is 17.8 Å². The largest absolute Gasteiger partial charge is 0.365 e. The van der Waals surface area contributed by atoms with Crippen LogP contribution in [0.2, 0.25) is 5.02 Å². The molecular weight excluding hydrogens is 408 g/mol. The zero-order valence-corrected chi connectivity index (χ0v) is 16.2. The van der Waals surface area contributed by atoms with Crippen molar-refractivity contribution in [3.63, 3.8) is 0 Å². The van der Waals surface area contributed by atoms with E-state index in [0.717, 1.165) is 22.3 Å². The Morgan fingerprint density at radius 3 is 2.68 bits per heavy atom. The Kier molecular flexibility index (Phi) is 5.34. The van der Waals surface area contributed by atoms with Crippen molar-refractivity contribution in [1.29, 1.82) is 0 Å². The van der Waals surface area contributed by atoms with E-state index in [9.17, 15) is 24.5 Å². The molecule has 0 atom stereocenters. The van der Waals surface area contributed by atoms with Crippen molar-refractivity contribution in [2.45, 2.75) is 19.9 Å². The van der Waals surface area contributed by atoms with E-state index < -0.39 is 16.7 Å². The van der Waals surface area contributed by atoms with Crippen LogP contribution in [0.4, 0.5) is 10.7 Å². The lowest BCUT2D eigenvalue weighted by atomic mass is 10.0. The molecule has 146 valence electrons. The number of carbonyl (C=O) groups excluding carboxylic acids is 3. The summed E-state index contributed by atoms with van der Waals surface area (Å²) in [6.07, 6.45) is 0.442. The molecule has 0 aliphatic carbocycles. The molecule has 0 fully saturated rings. The van der Waals surface area contributed by atoms with Gasteiger partial charge in [0, 0.05) is 30.5 Å². The highest BCUT2D eigenvalue weighted by atomic mass is 35.5. The lowest BCUT2D eigenvalue weighted by molar-refractivity contribution is -0.384. The van der Waals surface area contributed by atoms with E-state index in [4.69, 9.17) is 17.3 Å². The van der Waals surface area contributed by atoms with Gasteiger partial charge in [0.1, 0.15) is 5.00 Å². The van der Waals surface area contributed by atoms with Gasteiger partial charge in [-0.2, -0.15) is 0 Å². The molecule has 9 nitrogen and oxygen atoms in total. The molecule has 2 heterocycles. The SMILES string of the molecule is CC(=O)N1CCc2c(sc(NC(=O)c3cc([N+](=O)[O-])ccc3Cl)c2C(N)=O)C1. The summed E-state index contributed by atoms with van der Waals surface area (Å²) in [5, 5.41) is 13.8. The number of fused-ring (bicyclic) bond motifs is 1. The molecule has 0 radical (unpaired) electrons. The Balaban J connectivity index is 1.96. The number of non-ortho nitro benzene ring substituents is 1. The fourth-order valence-corrected chi connectivity index (χ4v) is 4.46. The first kappa shape index (κ1) is 19.8. The average Bonchev–Trinajstić information content (AvgIpc) is 2.98. The normalized spacial score (nSPS) is 13.0. The summed E-state index contributed by atoms with van der Waals surface area (Å²) >= 11 is 7.15. The van der Waals surface area contributed by atoms with Crippen LogP contribution in [0.15, 0.2) is 18.2 Å². The van der Waals surface area contributed by atoms with Gasteiger partial charge in [-0.25, -0.2) is 0 Å². The molecule has 11 heteroatoms. The fraction of sp³-hybridized carbons (Fsp3) is 0.235. The number of nitrogens with one attached hydrogen (secondary N) is 1. The molecule has 0 unspecified atom stereocenters. The number of nitro benzene ring substituents is 1. The van der Waals surface area contributed by atoms with Crippen LogP contribution in [0.3, 0.4) is 0 Å². The first-order chi connectivity index (χ1) is 13.2. The molecule has 2 aromatic rings. The Hall–Kier alpha value is -2.98. The number of thiophene rings is 1. The summed E-state index contributed by atoms with van der Waals surface area (Å²) < 4.78 is 0. The van der Waals surface area contributed by atoms with Crippen LogP contribution in [-0.4, -0.2) is 34.1 Å². The van der Waals surface area contributed by atoms with Gasteiger partial charge >= 0.3 is 0 Å². The molecule has 0 saturated heterocycles. The van der Waals surface area contributed by atoms with Crippen LogP contribution in [0.25, 0.3) is 0 Å². The van der Waals surface area contributed by atoms with E-state index >= 15 is 0 Å². The van der Waals surface area contributed by atoms with Crippen LogP contribution in [0.5, 0.6) is 0 Å². The van der Waals surface area contributed by atoms with Crippen molar-refractivity contribution in [2.75, 3.05) is 11.9 Å². The number of amides is 3. The Morgan fingerprint density at radius 1 is 1.36 bits per heavy atom. The summed E-state index contributed by atoms with van der Waals surface area (Å²) in [6.45, 7) is 2.23. The van der Waals surface area contributed by atoms with Crippen molar-refractivity contribution in [3.8, 4) is 0 Å². The monoisotopic (exact) mass is 422 g/mol. The van der Waals surface area contributed by atoms with Crippen molar-refractivity contribution >= 4 is 51.3 Å². The average molecular weight is 423 g/mol. The zero-order chi connectivity index (χ0) is 20.6. The highest BCUT2D eigenvalue weighted by Crippen LogP contribution is 2.37. The fourth-order valence-electron chi connectivity index (χ4n) is 2.99. The minimum atomic E-state index is -0.700. The summed E-state index contributed by atoms with van der Waals surface area (Å²) in [7, 11) is 0. The zero-order valence-electron chi connectivity index (χ0n) is 14.7. The van der Waals surface area contributed by atoms with Crippen molar-refractivity contribution in [2.24, 2.45) is 5.73 Å². The number of nitrogens with two attached hydrogens (primary N) is 1. The second-order valence-electron chi connectivity index (χ2n) is 6.14. The third-order valence-corrected chi connectivity index (χ3v) is 5.84. The highest BCUT2D eigenvalue weighted by Gasteiger charge is 2.29. The van der Waals surface area contributed by atoms with Gasteiger partial charge in [-0.05, 0) is 18.1 Å². The van der Waals surface area contributed by atoms with Crippen LogP contribution < -0.4 is 11.1 Å². The van der Waals surface area contributed by atoms with Gasteiger partial charge in [0.2, 0.25) is 5.91 Å². The molecule has 0 saturated carbocycles. The molecular formula is C17H15ClN4O5S. The predicted octanol–water partition coefficient (Wildman–Crippen LogP) is 2.57. The molecule has 1 aromatic heterocycles. The predicted molar refractivity (Wildman–Crippen MR) is 104 cm³/mol. The number of benzene rings is 1. The number of carbonyl (C=O) groups is 3. The van der Waals surface area contributed by atoms with Crippen LogP contribution >= 0.6 is 22.9 Å². The minimum absolute atomic E-state index is 0.0350. The van der Waals surface area contributed by atoms with Gasteiger partial charge in [0.05, 0.1) is 27.6 Å². The van der Waals surface area contributed by atoms with Crippen LogP contribution in [0.1, 0.15) is 38.1 Å². The number of primary amides is 1. The molecule has 0 bridgehead atoms. The molecule has 1 aliphatic heterocycles. The lowest BCUT2D eigenvalue weighted by Crippen LogP contribution is -2.34. The number of nitro groups is 1. The Bertz CT molecular complexity index is 1020. The first-order valence-corrected chi connectivity index (χ1v) is 9.33. The van der Waals surface area contributed by atoms with Gasteiger partial charge in [0.25, 0.3) is 17.5 Å². The Labute approximate surface area is 168 Å². The molecule has 1 aliphatic rings. The van der Waals surface area contributed by atoms with Crippen molar-refractivity contribution in [3.05, 3.63) is 54.9 Å². The summed E-state index contributed by atoms with van der Waals surface area (Å²) in [5.41, 5.74) is 6.02. The number of hydrogen-bond donors (Lipinski definition) is 2. The molecule has 1 aromatic carbocycles. The topological polar surface area (TPSA) is 136 Å². The van der Waals surface area contributed by atoms with Gasteiger partial charge in [-0.3, -0.25) is 24.5 Å². The molecule has 0 spiro atoms. The molecule has 3 rings (SSSR count). The molecule has 28 heavy (non-hydrogen) atoms. The molecule has 3 N–H and O–H groups in total. The first-order valence-electron chi connectivity index (χ1n) is 8.14. The van der Waals surface area contributed by atoms with Gasteiger partial charge in [0.15, 0.2) is 0 Å². The number of nitrogens with zero attached hydrogens (tertiary/aromatic N) is 2. The highest BCUT2D eigenvalue weighted by molar-refractivity contribution is 7.17. The number of hydrogen-bond acceptors (Lipinski definition) is 6. The number of halogens is 1. The maximum atomic E-state index is 12.6. The van der Waals surface area contributed by atoms with E-state index in [1.807, 2.05) is 0 Å². The Morgan fingerprint density at radius 2 is 2.07 bits per heavy atom. The van der Waals surface area contributed by atoms with Crippen molar-refractivity contribution in [1.82, 2.24) is 4.90 Å². The van der Waals surface area contributed by atoms with Gasteiger partial charge < -0.3 is 16.0 Å². The van der Waals surface area contributed by atoms with E-state index in [2.05, 4.69) is 5.32 Å². The quantitative estimate of drug-likeness (QED) is 0.576. The smallest absolute Gasteiger partial charge is 0.270 e. The molecule has 3 amide bonds. The summed E-state index contributed by atoms with van der Waals surface area (Å²) in [6, 6.07) is 3.51. The third-order valence-electron chi connectivity index (χ3n) is 4.38. The summed E-state index contributed by atoms with van der Waals surface area (Å²) in [5.74, 6) is -1.49. The van der Waals surface area contributed by atoms with E-state index in [1.54, 1.807) is 4.90 Å². The lowest BCUT2D eigenvalue weighted by Gasteiger charge is -2.25. The second kappa shape index (κ2) is 7.56. The second-order valence-corrected chi connectivity index (χ2v) is 7.65. The van der Waals surface area contributed by atoms with Crippen LogP contribution in [0, 0.1) is 10.1 Å². The maximum Gasteiger partial charge on any atom is 0.270 e.